The average molecular weight is 307 g/mol. The Bertz CT molecular complexity index is 422. The van der Waals surface area contributed by atoms with Gasteiger partial charge in [0.25, 0.3) is 0 Å². The maximum atomic E-state index is 12.0. The molecule has 4 nitrogen and oxygen atoms in total. The summed E-state index contributed by atoms with van der Waals surface area (Å²) in [7, 11) is 3.44. The van der Waals surface area contributed by atoms with Crippen LogP contribution in [0.25, 0.3) is 0 Å². The molecule has 2 atom stereocenters. The molecule has 0 saturated carbocycles. The number of hydrogen-bond acceptors (Lipinski definition) is 4. The molecular weight excluding hydrogens is 287 g/mol. The molecule has 120 valence electrons. The smallest absolute Gasteiger partial charge is 0.406 e. The standard InChI is InChI=1S/C14H20F3NO3/c1-10(9-20-3)18(2)8-13(19)11-4-6-12(7-5-11)21-14(15,16)17/h4-7,10,13,19H,8-9H2,1-3H3/t10-,13+/m1/s1. The molecule has 0 radical (unpaired) electrons. The highest BCUT2D eigenvalue weighted by Gasteiger charge is 2.31. The van der Waals surface area contributed by atoms with Gasteiger partial charge in [0, 0.05) is 19.7 Å². The summed E-state index contributed by atoms with van der Waals surface area (Å²) in [6, 6.07) is 5.33. The maximum absolute atomic E-state index is 12.0. The van der Waals surface area contributed by atoms with E-state index < -0.39 is 12.5 Å². The molecule has 0 spiro atoms. The summed E-state index contributed by atoms with van der Waals surface area (Å²) in [6.45, 7) is 2.84. The molecule has 7 heteroatoms. The van der Waals surface area contributed by atoms with Gasteiger partial charge in [0.1, 0.15) is 5.75 Å². The first kappa shape index (κ1) is 17.7. The van der Waals surface area contributed by atoms with E-state index in [0.29, 0.717) is 18.7 Å². The van der Waals surface area contributed by atoms with E-state index in [-0.39, 0.29) is 11.8 Å². The van der Waals surface area contributed by atoms with Crippen LogP contribution in [-0.2, 0) is 4.74 Å². The van der Waals surface area contributed by atoms with E-state index in [9.17, 15) is 18.3 Å². The highest BCUT2D eigenvalue weighted by atomic mass is 19.4. The van der Waals surface area contributed by atoms with Gasteiger partial charge in [-0.3, -0.25) is 4.90 Å². The lowest BCUT2D eigenvalue weighted by Crippen LogP contribution is -2.35. The number of methoxy groups -OCH3 is 1. The van der Waals surface area contributed by atoms with Crippen molar-refractivity contribution in [1.82, 2.24) is 4.90 Å². The minimum Gasteiger partial charge on any atom is -0.406 e. The molecule has 1 aromatic carbocycles. The van der Waals surface area contributed by atoms with Crippen molar-refractivity contribution in [3.8, 4) is 5.75 Å². The van der Waals surface area contributed by atoms with Gasteiger partial charge in [-0.1, -0.05) is 12.1 Å². The van der Waals surface area contributed by atoms with Gasteiger partial charge in [0.2, 0.25) is 0 Å². The highest BCUT2D eigenvalue weighted by molar-refractivity contribution is 5.28. The van der Waals surface area contributed by atoms with Crippen LogP contribution in [0, 0.1) is 0 Å². The Morgan fingerprint density at radius 3 is 2.29 bits per heavy atom. The van der Waals surface area contributed by atoms with Crippen molar-refractivity contribution in [2.45, 2.75) is 25.4 Å². The predicted octanol–water partition coefficient (Wildman–Crippen LogP) is 2.59. The first-order valence-electron chi connectivity index (χ1n) is 6.46. The van der Waals surface area contributed by atoms with E-state index in [1.54, 1.807) is 7.11 Å². The van der Waals surface area contributed by atoms with E-state index in [4.69, 9.17) is 4.74 Å². The number of ether oxygens (including phenoxy) is 2. The SMILES string of the molecule is COC[C@@H](C)N(C)C[C@H](O)c1ccc(OC(F)(F)F)cc1. The molecule has 0 amide bonds. The van der Waals surface area contributed by atoms with Crippen molar-refractivity contribution in [2.75, 3.05) is 27.3 Å². The summed E-state index contributed by atoms with van der Waals surface area (Å²) in [5.41, 5.74) is 0.529. The van der Waals surface area contributed by atoms with Gasteiger partial charge in [0.15, 0.2) is 0 Å². The van der Waals surface area contributed by atoms with E-state index in [1.165, 1.54) is 24.3 Å². The third kappa shape index (κ3) is 6.33. The Balaban J connectivity index is 2.60. The first-order chi connectivity index (χ1) is 9.73. The molecule has 1 rings (SSSR count). The van der Waals surface area contributed by atoms with Crippen LogP contribution in [0.2, 0.25) is 0 Å². The molecule has 0 unspecified atom stereocenters. The number of rotatable bonds is 7. The van der Waals surface area contributed by atoms with Crippen LogP contribution >= 0.6 is 0 Å². The number of benzene rings is 1. The fourth-order valence-corrected chi connectivity index (χ4v) is 1.82. The van der Waals surface area contributed by atoms with Gasteiger partial charge < -0.3 is 14.6 Å². The quantitative estimate of drug-likeness (QED) is 0.841. The predicted molar refractivity (Wildman–Crippen MR) is 72.1 cm³/mol. The normalized spacial score (nSPS) is 15.0. The number of nitrogens with zero attached hydrogens (tertiary/aromatic N) is 1. The second-order valence-corrected chi connectivity index (χ2v) is 4.88. The van der Waals surface area contributed by atoms with Gasteiger partial charge in [-0.15, -0.1) is 13.2 Å². The summed E-state index contributed by atoms with van der Waals surface area (Å²) in [5, 5.41) is 10.1. The lowest BCUT2D eigenvalue weighted by atomic mass is 10.1. The number of alkyl halides is 3. The maximum Gasteiger partial charge on any atom is 0.573 e. The number of aliphatic hydroxyl groups excluding tert-OH is 1. The Morgan fingerprint density at radius 2 is 1.81 bits per heavy atom. The molecule has 21 heavy (non-hydrogen) atoms. The molecule has 0 saturated heterocycles. The van der Waals surface area contributed by atoms with Crippen LogP contribution in [0.3, 0.4) is 0 Å². The van der Waals surface area contributed by atoms with Crippen LogP contribution in [0.15, 0.2) is 24.3 Å². The molecule has 0 aliphatic heterocycles. The molecule has 0 fully saturated rings. The molecular formula is C14H20F3NO3. The minimum absolute atomic E-state index is 0.123. The molecule has 0 bridgehead atoms. The fourth-order valence-electron chi connectivity index (χ4n) is 1.82. The van der Waals surface area contributed by atoms with Gasteiger partial charge in [0.05, 0.1) is 12.7 Å². The average Bonchev–Trinajstić information content (AvgIpc) is 2.37. The van der Waals surface area contributed by atoms with E-state index in [2.05, 4.69) is 4.74 Å². The fraction of sp³-hybridized carbons (Fsp3) is 0.571. The summed E-state index contributed by atoms with van der Waals surface area (Å²) in [4.78, 5) is 1.91. The zero-order valence-electron chi connectivity index (χ0n) is 12.2. The number of likely N-dealkylation sites (N-methyl/N-ethyl adjacent to an activating group) is 1. The first-order valence-corrected chi connectivity index (χ1v) is 6.46. The third-order valence-corrected chi connectivity index (χ3v) is 3.12. The zero-order valence-corrected chi connectivity index (χ0v) is 12.2. The van der Waals surface area contributed by atoms with Crippen LogP contribution in [0.1, 0.15) is 18.6 Å². The summed E-state index contributed by atoms with van der Waals surface area (Å²) >= 11 is 0. The molecule has 1 N–H and O–H groups in total. The molecule has 0 aliphatic carbocycles. The Kier molecular flexibility index (Phi) is 6.44. The van der Waals surface area contributed by atoms with E-state index in [0.717, 1.165) is 0 Å². The number of halogens is 3. The van der Waals surface area contributed by atoms with Crippen molar-refractivity contribution >= 4 is 0 Å². The summed E-state index contributed by atoms with van der Waals surface area (Å²) in [6.07, 6.45) is -5.51. The van der Waals surface area contributed by atoms with Crippen molar-refractivity contribution < 1.29 is 27.8 Å². The second-order valence-electron chi connectivity index (χ2n) is 4.88. The van der Waals surface area contributed by atoms with Crippen molar-refractivity contribution in [2.24, 2.45) is 0 Å². The lowest BCUT2D eigenvalue weighted by molar-refractivity contribution is -0.274. The molecule has 0 aliphatic rings. The molecule has 0 heterocycles. The van der Waals surface area contributed by atoms with Gasteiger partial charge in [-0.25, -0.2) is 0 Å². The zero-order chi connectivity index (χ0) is 16.0. The third-order valence-electron chi connectivity index (χ3n) is 3.12. The molecule has 0 aromatic heterocycles. The highest BCUT2D eigenvalue weighted by Crippen LogP contribution is 2.24. The van der Waals surface area contributed by atoms with Gasteiger partial charge in [-0.2, -0.15) is 0 Å². The monoisotopic (exact) mass is 307 g/mol. The Morgan fingerprint density at radius 1 is 1.24 bits per heavy atom. The largest absolute Gasteiger partial charge is 0.573 e. The van der Waals surface area contributed by atoms with E-state index in [1.807, 2.05) is 18.9 Å². The van der Waals surface area contributed by atoms with Crippen LogP contribution in [0.4, 0.5) is 13.2 Å². The lowest BCUT2D eigenvalue weighted by Gasteiger charge is -2.26. The van der Waals surface area contributed by atoms with Crippen molar-refractivity contribution in [3.63, 3.8) is 0 Å². The molecule has 1 aromatic rings. The van der Waals surface area contributed by atoms with Crippen molar-refractivity contribution in [1.29, 1.82) is 0 Å². The van der Waals surface area contributed by atoms with Gasteiger partial charge >= 0.3 is 6.36 Å². The topological polar surface area (TPSA) is 41.9 Å². The van der Waals surface area contributed by atoms with Crippen LogP contribution in [0.5, 0.6) is 5.75 Å². The Hall–Kier alpha value is -1.31. The summed E-state index contributed by atoms with van der Waals surface area (Å²) < 4.78 is 44.9. The Labute approximate surface area is 122 Å². The number of aliphatic hydroxyl groups is 1. The van der Waals surface area contributed by atoms with Crippen molar-refractivity contribution in [3.05, 3.63) is 29.8 Å². The summed E-state index contributed by atoms with van der Waals surface area (Å²) in [5.74, 6) is -0.306. The second kappa shape index (κ2) is 7.63. The van der Waals surface area contributed by atoms with Crippen LogP contribution < -0.4 is 4.74 Å². The number of hydrogen-bond donors (Lipinski definition) is 1. The minimum atomic E-state index is -4.71. The van der Waals surface area contributed by atoms with Crippen LogP contribution in [-0.4, -0.2) is 49.7 Å². The van der Waals surface area contributed by atoms with E-state index >= 15 is 0 Å². The van der Waals surface area contributed by atoms with Gasteiger partial charge in [-0.05, 0) is 31.7 Å².